The highest BCUT2D eigenvalue weighted by Crippen LogP contribution is 2.09. The third kappa shape index (κ3) is 3.19. The van der Waals surface area contributed by atoms with E-state index in [1.54, 1.807) is 0 Å². The van der Waals surface area contributed by atoms with Gasteiger partial charge in [-0.25, -0.2) is 0 Å². The molecular formula is C12H23N3O. The summed E-state index contributed by atoms with van der Waals surface area (Å²) in [4.78, 5) is 18.7. The first kappa shape index (κ1) is 11.9. The first-order chi connectivity index (χ1) is 7.75. The predicted molar refractivity (Wildman–Crippen MR) is 64.4 cm³/mol. The second kappa shape index (κ2) is 5.64. The van der Waals surface area contributed by atoms with Crippen molar-refractivity contribution in [1.82, 2.24) is 14.7 Å². The molecule has 4 heteroatoms. The summed E-state index contributed by atoms with van der Waals surface area (Å²) in [6, 6.07) is 0. The molecule has 2 heterocycles. The maximum absolute atomic E-state index is 11.9. The van der Waals surface area contributed by atoms with Crippen molar-refractivity contribution in [2.75, 3.05) is 52.9 Å². The van der Waals surface area contributed by atoms with E-state index in [1.165, 1.54) is 25.9 Å². The van der Waals surface area contributed by atoms with E-state index in [9.17, 15) is 4.79 Å². The van der Waals surface area contributed by atoms with E-state index in [0.29, 0.717) is 12.3 Å². The van der Waals surface area contributed by atoms with Gasteiger partial charge in [0.15, 0.2) is 0 Å². The Balaban J connectivity index is 1.67. The Morgan fingerprint density at radius 3 is 2.25 bits per heavy atom. The number of carbonyl (C=O) groups is 1. The molecule has 1 amide bonds. The van der Waals surface area contributed by atoms with Crippen LogP contribution in [-0.4, -0.2) is 73.5 Å². The Labute approximate surface area is 98.2 Å². The van der Waals surface area contributed by atoms with E-state index in [0.717, 1.165) is 32.7 Å². The molecule has 2 aliphatic rings. The smallest absolute Gasteiger partial charge is 0.223 e. The Hall–Kier alpha value is -0.610. The predicted octanol–water partition coefficient (Wildman–Crippen LogP) is 0.246. The number of piperazine rings is 1. The number of rotatable bonds is 3. The molecule has 0 radical (unpaired) electrons. The second-order valence-corrected chi connectivity index (χ2v) is 4.98. The van der Waals surface area contributed by atoms with Crippen LogP contribution in [0.1, 0.15) is 19.3 Å². The lowest BCUT2D eigenvalue weighted by Crippen LogP contribution is -2.47. The minimum absolute atomic E-state index is 0.347. The van der Waals surface area contributed by atoms with Gasteiger partial charge in [0.25, 0.3) is 0 Å². The molecule has 4 nitrogen and oxygen atoms in total. The van der Waals surface area contributed by atoms with Crippen molar-refractivity contribution in [2.45, 2.75) is 19.3 Å². The molecule has 0 atom stereocenters. The Bertz CT molecular complexity index is 230. The average molecular weight is 225 g/mol. The number of likely N-dealkylation sites (N-methyl/N-ethyl adjacent to an activating group) is 1. The van der Waals surface area contributed by atoms with Crippen LogP contribution in [0.5, 0.6) is 0 Å². The van der Waals surface area contributed by atoms with E-state index < -0.39 is 0 Å². The zero-order valence-electron chi connectivity index (χ0n) is 10.3. The molecule has 0 bridgehead atoms. The highest BCUT2D eigenvalue weighted by Gasteiger charge is 2.20. The topological polar surface area (TPSA) is 26.8 Å². The van der Waals surface area contributed by atoms with Crippen LogP contribution in [0.3, 0.4) is 0 Å². The maximum Gasteiger partial charge on any atom is 0.223 e. The van der Waals surface area contributed by atoms with Gasteiger partial charge in [0.2, 0.25) is 5.91 Å². The van der Waals surface area contributed by atoms with Crippen molar-refractivity contribution in [3.8, 4) is 0 Å². The first-order valence-electron chi connectivity index (χ1n) is 6.44. The normalized spacial score (nSPS) is 23.9. The lowest BCUT2D eigenvalue weighted by Gasteiger charge is -2.32. The quantitative estimate of drug-likeness (QED) is 0.689. The summed E-state index contributed by atoms with van der Waals surface area (Å²) in [6.07, 6.45) is 3.33. The maximum atomic E-state index is 11.9. The molecule has 0 spiro atoms. The second-order valence-electron chi connectivity index (χ2n) is 4.98. The van der Waals surface area contributed by atoms with Crippen molar-refractivity contribution in [2.24, 2.45) is 0 Å². The van der Waals surface area contributed by atoms with E-state index in [1.807, 2.05) is 4.90 Å². The lowest BCUT2D eigenvalue weighted by molar-refractivity contribution is -0.133. The zero-order valence-corrected chi connectivity index (χ0v) is 10.3. The van der Waals surface area contributed by atoms with Crippen LogP contribution in [-0.2, 0) is 4.79 Å². The molecule has 0 saturated carbocycles. The van der Waals surface area contributed by atoms with E-state index >= 15 is 0 Å². The zero-order chi connectivity index (χ0) is 11.4. The first-order valence-corrected chi connectivity index (χ1v) is 6.44. The third-order valence-electron chi connectivity index (χ3n) is 3.70. The molecule has 92 valence electrons. The number of hydrogen-bond donors (Lipinski definition) is 0. The van der Waals surface area contributed by atoms with Gasteiger partial charge in [-0.1, -0.05) is 0 Å². The van der Waals surface area contributed by atoms with Crippen LogP contribution < -0.4 is 0 Å². The molecule has 0 aliphatic carbocycles. The molecule has 2 aliphatic heterocycles. The highest BCUT2D eigenvalue weighted by atomic mass is 16.2. The van der Waals surface area contributed by atoms with Crippen molar-refractivity contribution in [1.29, 1.82) is 0 Å². The van der Waals surface area contributed by atoms with E-state index in [4.69, 9.17) is 0 Å². The highest BCUT2D eigenvalue weighted by molar-refractivity contribution is 5.76. The molecule has 0 aromatic rings. The Morgan fingerprint density at radius 2 is 1.62 bits per heavy atom. The van der Waals surface area contributed by atoms with Crippen LogP contribution in [0.2, 0.25) is 0 Å². The van der Waals surface area contributed by atoms with Gasteiger partial charge in [-0.3, -0.25) is 4.79 Å². The number of carbonyl (C=O) groups excluding carboxylic acids is 1. The van der Waals surface area contributed by atoms with Crippen LogP contribution in [0.25, 0.3) is 0 Å². The molecule has 2 saturated heterocycles. The molecule has 0 aromatic carbocycles. The van der Waals surface area contributed by atoms with Crippen molar-refractivity contribution < 1.29 is 4.79 Å². The Morgan fingerprint density at radius 1 is 1.00 bits per heavy atom. The van der Waals surface area contributed by atoms with Gasteiger partial charge < -0.3 is 14.7 Å². The van der Waals surface area contributed by atoms with Crippen molar-refractivity contribution in [3.63, 3.8) is 0 Å². The molecule has 0 aromatic heterocycles. The van der Waals surface area contributed by atoms with Crippen LogP contribution in [0.15, 0.2) is 0 Å². The van der Waals surface area contributed by atoms with Crippen LogP contribution >= 0.6 is 0 Å². The van der Waals surface area contributed by atoms with Gasteiger partial charge in [0.05, 0.1) is 0 Å². The molecule has 0 unspecified atom stereocenters. The molecule has 0 N–H and O–H groups in total. The molecule has 2 fully saturated rings. The summed E-state index contributed by atoms with van der Waals surface area (Å²) in [7, 11) is 2.12. The average Bonchev–Trinajstić information content (AvgIpc) is 2.80. The molecule has 2 rings (SSSR count). The van der Waals surface area contributed by atoms with E-state index in [2.05, 4.69) is 16.8 Å². The van der Waals surface area contributed by atoms with Gasteiger partial charge >= 0.3 is 0 Å². The summed E-state index contributed by atoms with van der Waals surface area (Å²) < 4.78 is 0. The fraction of sp³-hybridized carbons (Fsp3) is 0.917. The third-order valence-corrected chi connectivity index (χ3v) is 3.70. The molecular weight excluding hydrogens is 202 g/mol. The van der Waals surface area contributed by atoms with Crippen molar-refractivity contribution in [3.05, 3.63) is 0 Å². The summed E-state index contributed by atoms with van der Waals surface area (Å²) in [5.41, 5.74) is 0. The monoisotopic (exact) mass is 225 g/mol. The standard InChI is InChI=1S/C12H23N3O/c1-13-8-10-15(11-9-13)12(16)4-7-14-5-2-3-6-14/h2-11H2,1H3. The van der Waals surface area contributed by atoms with Crippen LogP contribution in [0, 0.1) is 0 Å². The summed E-state index contributed by atoms with van der Waals surface area (Å²) in [6.45, 7) is 7.22. The Kier molecular flexibility index (Phi) is 4.18. The van der Waals surface area contributed by atoms with Crippen molar-refractivity contribution >= 4 is 5.91 Å². The number of hydrogen-bond acceptors (Lipinski definition) is 3. The fourth-order valence-electron chi connectivity index (χ4n) is 2.47. The molecule has 16 heavy (non-hydrogen) atoms. The van der Waals surface area contributed by atoms with Gasteiger partial charge in [0, 0.05) is 39.1 Å². The van der Waals surface area contributed by atoms with Gasteiger partial charge in [-0.15, -0.1) is 0 Å². The minimum Gasteiger partial charge on any atom is -0.340 e. The van der Waals surface area contributed by atoms with Gasteiger partial charge in [0.1, 0.15) is 0 Å². The minimum atomic E-state index is 0.347. The van der Waals surface area contributed by atoms with Gasteiger partial charge in [-0.05, 0) is 33.0 Å². The lowest BCUT2D eigenvalue weighted by atomic mass is 10.3. The largest absolute Gasteiger partial charge is 0.340 e. The number of likely N-dealkylation sites (tertiary alicyclic amines) is 1. The number of amides is 1. The van der Waals surface area contributed by atoms with Gasteiger partial charge in [-0.2, -0.15) is 0 Å². The fourth-order valence-corrected chi connectivity index (χ4v) is 2.47. The summed E-state index contributed by atoms with van der Waals surface area (Å²) in [5, 5.41) is 0. The summed E-state index contributed by atoms with van der Waals surface area (Å²) in [5.74, 6) is 0.347. The van der Waals surface area contributed by atoms with Crippen LogP contribution in [0.4, 0.5) is 0 Å². The SMILES string of the molecule is CN1CCN(C(=O)CCN2CCCC2)CC1. The number of nitrogens with zero attached hydrogens (tertiary/aromatic N) is 3. The van der Waals surface area contributed by atoms with E-state index in [-0.39, 0.29) is 0 Å². The summed E-state index contributed by atoms with van der Waals surface area (Å²) >= 11 is 0.